The van der Waals surface area contributed by atoms with E-state index in [0.717, 1.165) is 19.1 Å². The van der Waals surface area contributed by atoms with Crippen LogP contribution in [0.2, 0.25) is 0 Å². The second-order valence-electron chi connectivity index (χ2n) is 7.64. The number of methoxy groups -OCH3 is 1. The van der Waals surface area contributed by atoms with Gasteiger partial charge in [0.2, 0.25) is 5.75 Å². The summed E-state index contributed by atoms with van der Waals surface area (Å²) in [5, 5.41) is 2.34. The summed E-state index contributed by atoms with van der Waals surface area (Å²) in [6.07, 6.45) is -4.63. The molecule has 3 atom stereocenters. The molecule has 0 aliphatic carbocycles. The van der Waals surface area contributed by atoms with Crippen LogP contribution >= 0.6 is 0 Å². The Kier molecular flexibility index (Phi) is 8.77. The third-order valence-corrected chi connectivity index (χ3v) is 5.07. The number of carbonyl (C=O) groups excluding carboxylic acids is 3. The van der Waals surface area contributed by atoms with Crippen molar-refractivity contribution in [1.82, 2.24) is 10.3 Å². The van der Waals surface area contributed by atoms with Crippen LogP contribution in [-0.4, -0.2) is 42.1 Å². The summed E-state index contributed by atoms with van der Waals surface area (Å²) in [6, 6.07) is 2.38. The third kappa shape index (κ3) is 6.90. The van der Waals surface area contributed by atoms with Crippen molar-refractivity contribution in [2.75, 3.05) is 7.11 Å². The zero-order valence-corrected chi connectivity index (χ0v) is 19.5. The van der Waals surface area contributed by atoms with E-state index in [1.165, 1.54) is 40.1 Å². The molecular formula is C23H24F4N2O6. The second kappa shape index (κ2) is 11.2. The smallest absolute Gasteiger partial charge is 0.416 e. The normalized spacial score (nSPS) is 13.9. The third-order valence-electron chi connectivity index (χ3n) is 5.07. The Labute approximate surface area is 198 Å². The largest absolute Gasteiger partial charge is 0.493 e. The van der Waals surface area contributed by atoms with Crippen LogP contribution in [0.15, 0.2) is 30.5 Å². The van der Waals surface area contributed by atoms with Crippen molar-refractivity contribution in [3.63, 3.8) is 0 Å². The van der Waals surface area contributed by atoms with Crippen LogP contribution in [0.3, 0.4) is 0 Å². The Balaban J connectivity index is 2.15. The predicted octanol–water partition coefficient (Wildman–Crippen LogP) is 4.03. The summed E-state index contributed by atoms with van der Waals surface area (Å²) in [5.74, 6) is -4.76. The van der Waals surface area contributed by atoms with Gasteiger partial charge in [0.25, 0.3) is 5.91 Å². The number of aromatic nitrogens is 1. The summed E-state index contributed by atoms with van der Waals surface area (Å²) in [7, 11) is 1.29. The number of hydrogen-bond acceptors (Lipinski definition) is 7. The van der Waals surface area contributed by atoms with Gasteiger partial charge in [-0.25, -0.2) is 14.2 Å². The molecule has 12 heteroatoms. The van der Waals surface area contributed by atoms with Gasteiger partial charge in [0.1, 0.15) is 18.0 Å². The molecule has 0 aliphatic rings. The summed E-state index contributed by atoms with van der Waals surface area (Å²) in [5.41, 5.74) is -1.75. The quantitative estimate of drug-likeness (QED) is 0.431. The summed E-state index contributed by atoms with van der Waals surface area (Å²) in [6.45, 7) is 5.18. The van der Waals surface area contributed by atoms with Gasteiger partial charge >= 0.3 is 18.1 Å². The van der Waals surface area contributed by atoms with Crippen molar-refractivity contribution in [1.29, 1.82) is 0 Å². The molecule has 8 nitrogen and oxygen atoms in total. The molecule has 1 heterocycles. The maximum Gasteiger partial charge on any atom is 0.416 e. The number of carbonyl (C=O) groups is 3. The van der Waals surface area contributed by atoms with Gasteiger partial charge in [0, 0.05) is 25.1 Å². The topological polar surface area (TPSA) is 104 Å². The first-order chi connectivity index (χ1) is 16.3. The lowest BCUT2D eigenvalue weighted by molar-refractivity contribution is -0.151. The fraction of sp³-hybridized carbons (Fsp3) is 0.391. The standard InChI is InChI=1S/C23H24F4N2O6/c1-11(16-7-6-15(24)10-17(16)23(25,26)27)13(3)34-22(32)12(2)29-21(31)19-20(35-14(4)30)18(33-5)8-9-28-19/h6-13H,1-5H3,(H,29,31)/t11-,12+,13+/m1/s1. The highest BCUT2D eigenvalue weighted by Crippen LogP contribution is 2.37. The lowest BCUT2D eigenvalue weighted by atomic mass is 9.91. The first kappa shape index (κ1) is 27.5. The number of pyridine rings is 1. The second-order valence-corrected chi connectivity index (χ2v) is 7.64. The molecule has 2 aromatic rings. The summed E-state index contributed by atoms with van der Waals surface area (Å²) >= 11 is 0. The van der Waals surface area contributed by atoms with Gasteiger partial charge in [-0.3, -0.25) is 9.59 Å². The minimum Gasteiger partial charge on any atom is -0.493 e. The highest BCUT2D eigenvalue weighted by molar-refractivity contribution is 5.98. The molecule has 0 spiro atoms. The van der Waals surface area contributed by atoms with E-state index < -0.39 is 53.5 Å². The van der Waals surface area contributed by atoms with Gasteiger partial charge in [-0.05, 0) is 31.5 Å². The molecule has 2 rings (SSSR count). The number of alkyl halides is 3. The Morgan fingerprint density at radius 2 is 1.74 bits per heavy atom. The molecule has 0 unspecified atom stereocenters. The van der Waals surface area contributed by atoms with Crippen LogP contribution in [0.1, 0.15) is 55.2 Å². The van der Waals surface area contributed by atoms with Gasteiger partial charge in [-0.15, -0.1) is 0 Å². The number of halogens is 4. The van der Waals surface area contributed by atoms with Crippen LogP contribution in [0.25, 0.3) is 0 Å². The van der Waals surface area contributed by atoms with Gasteiger partial charge in [0.15, 0.2) is 11.4 Å². The molecular weight excluding hydrogens is 476 g/mol. The van der Waals surface area contributed by atoms with E-state index in [9.17, 15) is 31.9 Å². The van der Waals surface area contributed by atoms with Crippen LogP contribution in [0.4, 0.5) is 17.6 Å². The van der Waals surface area contributed by atoms with E-state index in [-0.39, 0.29) is 22.8 Å². The molecule has 0 fully saturated rings. The molecule has 0 saturated heterocycles. The first-order valence-electron chi connectivity index (χ1n) is 10.4. The molecule has 1 aromatic carbocycles. The van der Waals surface area contributed by atoms with E-state index in [4.69, 9.17) is 14.2 Å². The number of hydrogen-bond donors (Lipinski definition) is 1. The van der Waals surface area contributed by atoms with Gasteiger partial charge in [-0.1, -0.05) is 13.0 Å². The number of benzene rings is 1. The maximum atomic E-state index is 13.4. The lowest BCUT2D eigenvalue weighted by Crippen LogP contribution is -2.41. The fourth-order valence-electron chi connectivity index (χ4n) is 3.13. The van der Waals surface area contributed by atoms with E-state index in [2.05, 4.69) is 10.3 Å². The van der Waals surface area contributed by atoms with E-state index in [1.54, 1.807) is 0 Å². The Morgan fingerprint density at radius 3 is 2.31 bits per heavy atom. The van der Waals surface area contributed by atoms with E-state index >= 15 is 0 Å². The molecule has 0 bridgehead atoms. The predicted molar refractivity (Wildman–Crippen MR) is 114 cm³/mol. The van der Waals surface area contributed by atoms with Crippen LogP contribution < -0.4 is 14.8 Å². The fourth-order valence-corrected chi connectivity index (χ4v) is 3.13. The monoisotopic (exact) mass is 500 g/mol. The average molecular weight is 500 g/mol. The number of nitrogens with one attached hydrogen (secondary N) is 1. The van der Waals surface area contributed by atoms with Crippen LogP contribution in [0.5, 0.6) is 11.5 Å². The van der Waals surface area contributed by atoms with Crippen molar-refractivity contribution in [2.45, 2.75) is 51.9 Å². The number of esters is 2. The van der Waals surface area contributed by atoms with Crippen molar-refractivity contribution >= 4 is 17.8 Å². The molecule has 1 aromatic heterocycles. The van der Waals surface area contributed by atoms with Gasteiger partial charge < -0.3 is 19.5 Å². The van der Waals surface area contributed by atoms with Gasteiger partial charge in [-0.2, -0.15) is 13.2 Å². The summed E-state index contributed by atoms with van der Waals surface area (Å²) in [4.78, 5) is 40.5. The van der Waals surface area contributed by atoms with Crippen molar-refractivity contribution < 1.29 is 46.2 Å². The zero-order chi connectivity index (χ0) is 26.5. The zero-order valence-electron chi connectivity index (χ0n) is 19.5. The molecule has 0 radical (unpaired) electrons. The molecule has 1 amide bonds. The molecule has 0 aliphatic heterocycles. The average Bonchev–Trinajstić information content (AvgIpc) is 2.77. The number of ether oxygens (including phenoxy) is 3. The van der Waals surface area contributed by atoms with E-state index in [0.29, 0.717) is 6.07 Å². The minimum atomic E-state index is -4.81. The molecule has 190 valence electrons. The van der Waals surface area contributed by atoms with Crippen molar-refractivity contribution in [3.05, 3.63) is 53.1 Å². The van der Waals surface area contributed by atoms with E-state index in [1.807, 2.05) is 0 Å². The highest BCUT2D eigenvalue weighted by atomic mass is 19.4. The van der Waals surface area contributed by atoms with Crippen molar-refractivity contribution in [2.24, 2.45) is 0 Å². The SMILES string of the molecule is COc1ccnc(C(=O)N[C@@H](C)C(=O)O[C@@H](C)[C@@H](C)c2ccc(F)cc2C(F)(F)F)c1OC(C)=O. The Morgan fingerprint density at radius 1 is 1.09 bits per heavy atom. The lowest BCUT2D eigenvalue weighted by Gasteiger charge is -2.25. The number of amides is 1. The Hall–Kier alpha value is -3.70. The number of nitrogens with zero attached hydrogens (tertiary/aromatic N) is 1. The molecule has 0 saturated carbocycles. The van der Waals surface area contributed by atoms with Gasteiger partial charge in [0.05, 0.1) is 12.7 Å². The molecule has 1 N–H and O–H groups in total. The maximum absolute atomic E-state index is 13.4. The minimum absolute atomic E-state index is 0.0535. The van der Waals surface area contributed by atoms with Crippen LogP contribution in [0, 0.1) is 5.82 Å². The first-order valence-corrected chi connectivity index (χ1v) is 10.4. The Bertz CT molecular complexity index is 1110. The highest BCUT2D eigenvalue weighted by Gasteiger charge is 2.36. The van der Waals surface area contributed by atoms with Crippen molar-refractivity contribution in [3.8, 4) is 11.5 Å². The molecule has 35 heavy (non-hydrogen) atoms. The summed E-state index contributed by atoms with van der Waals surface area (Å²) < 4.78 is 68.8. The number of rotatable bonds is 8. The van der Waals surface area contributed by atoms with Crippen LogP contribution in [-0.2, 0) is 20.5 Å².